The van der Waals surface area contributed by atoms with Gasteiger partial charge in [-0.25, -0.2) is 4.39 Å². The number of ether oxygens (including phenoxy) is 1. The van der Waals surface area contributed by atoms with Gasteiger partial charge in [-0.2, -0.15) is 0 Å². The first kappa shape index (κ1) is 12.9. The molecule has 2 unspecified atom stereocenters. The number of morpholine rings is 1. The third kappa shape index (κ3) is 2.82. The topological polar surface area (TPSA) is 38.5 Å². The molecule has 0 amide bonds. The number of rotatable bonds is 1. The van der Waals surface area contributed by atoms with E-state index in [4.69, 9.17) is 10.5 Å². The molecule has 0 radical (unpaired) electrons. The van der Waals surface area contributed by atoms with Crippen molar-refractivity contribution in [3.05, 3.63) is 21.5 Å². The lowest BCUT2D eigenvalue weighted by Crippen LogP contribution is -2.45. The van der Waals surface area contributed by atoms with Gasteiger partial charge in [0, 0.05) is 19.2 Å². The third-order valence-corrected chi connectivity index (χ3v) is 3.66. The van der Waals surface area contributed by atoms with Gasteiger partial charge in [-0.1, -0.05) is 0 Å². The van der Waals surface area contributed by atoms with Crippen molar-refractivity contribution < 1.29 is 9.13 Å². The van der Waals surface area contributed by atoms with Crippen molar-refractivity contribution in [1.29, 1.82) is 0 Å². The van der Waals surface area contributed by atoms with Gasteiger partial charge in [0.25, 0.3) is 0 Å². The van der Waals surface area contributed by atoms with Crippen LogP contribution in [0.5, 0.6) is 0 Å². The van der Waals surface area contributed by atoms with Crippen LogP contribution >= 0.6 is 22.6 Å². The Morgan fingerprint density at radius 2 is 1.94 bits per heavy atom. The third-order valence-electron chi connectivity index (χ3n) is 2.83. The number of benzene rings is 1. The first-order valence-electron chi connectivity index (χ1n) is 5.62. The van der Waals surface area contributed by atoms with E-state index in [-0.39, 0.29) is 18.0 Å². The molecule has 1 aromatic carbocycles. The molecule has 0 bridgehead atoms. The number of anilines is 2. The Labute approximate surface area is 114 Å². The summed E-state index contributed by atoms with van der Waals surface area (Å²) in [6.07, 6.45) is 0.279. The monoisotopic (exact) mass is 350 g/mol. The summed E-state index contributed by atoms with van der Waals surface area (Å²) in [5.41, 5.74) is 7.35. The first-order chi connectivity index (χ1) is 7.97. The predicted octanol–water partition coefficient (Wildman–Crippen LogP) is 2.63. The Kier molecular flexibility index (Phi) is 3.77. The lowest BCUT2D eigenvalue weighted by molar-refractivity contribution is -0.00518. The fraction of sp³-hybridized carbons (Fsp3) is 0.500. The second kappa shape index (κ2) is 4.97. The molecule has 3 nitrogen and oxygen atoms in total. The minimum absolute atomic E-state index is 0.139. The highest BCUT2D eigenvalue weighted by Gasteiger charge is 2.24. The molecule has 2 rings (SSSR count). The van der Waals surface area contributed by atoms with Crippen LogP contribution in [0, 0.1) is 9.39 Å². The lowest BCUT2D eigenvalue weighted by atomic mass is 10.1. The van der Waals surface area contributed by atoms with E-state index in [0.29, 0.717) is 9.26 Å². The Bertz CT molecular complexity index is 417. The largest absolute Gasteiger partial charge is 0.397 e. The summed E-state index contributed by atoms with van der Waals surface area (Å²) < 4.78 is 19.8. The summed E-state index contributed by atoms with van der Waals surface area (Å²) in [7, 11) is 0. The van der Waals surface area contributed by atoms with Crippen molar-refractivity contribution in [2.45, 2.75) is 26.1 Å². The molecule has 0 aromatic heterocycles. The molecule has 5 heteroatoms. The number of hydrogen-bond acceptors (Lipinski definition) is 3. The standard InChI is InChI=1S/C12H16FIN2O/c1-7-5-16(6-8(2)17-7)12-3-9(13)10(14)4-11(12)15/h3-4,7-8H,5-6,15H2,1-2H3. The minimum atomic E-state index is -0.221. The molecule has 2 atom stereocenters. The van der Waals surface area contributed by atoms with Gasteiger partial charge in [0.15, 0.2) is 0 Å². The zero-order valence-corrected chi connectivity index (χ0v) is 12.1. The molecule has 1 saturated heterocycles. The highest BCUT2D eigenvalue weighted by Crippen LogP contribution is 2.29. The molecule has 1 aliphatic heterocycles. The molecule has 94 valence electrons. The van der Waals surface area contributed by atoms with Crippen LogP contribution in [0.2, 0.25) is 0 Å². The van der Waals surface area contributed by atoms with Crippen LogP contribution in [-0.2, 0) is 4.74 Å². The first-order valence-corrected chi connectivity index (χ1v) is 6.70. The van der Waals surface area contributed by atoms with Crippen molar-refractivity contribution in [2.75, 3.05) is 23.7 Å². The summed E-state index contributed by atoms with van der Waals surface area (Å²) in [4.78, 5) is 2.09. The fourth-order valence-electron chi connectivity index (χ4n) is 2.20. The highest BCUT2D eigenvalue weighted by atomic mass is 127. The van der Waals surface area contributed by atoms with E-state index >= 15 is 0 Å². The molecule has 2 N–H and O–H groups in total. The Morgan fingerprint density at radius 1 is 1.35 bits per heavy atom. The predicted molar refractivity (Wildman–Crippen MR) is 75.8 cm³/mol. The van der Waals surface area contributed by atoms with E-state index in [0.717, 1.165) is 18.8 Å². The van der Waals surface area contributed by atoms with Gasteiger partial charge in [-0.15, -0.1) is 0 Å². The van der Waals surface area contributed by atoms with Crippen molar-refractivity contribution in [1.82, 2.24) is 0 Å². The highest BCUT2D eigenvalue weighted by molar-refractivity contribution is 14.1. The maximum absolute atomic E-state index is 13.6. The van der Waals surface area contributed by atoms with Crippen LogP contribution in [0.1, 0.15) is 13.8 Å². The number of hydrogen-bond donors (Lipinski definition) is 1. The van der Waals surface area contributed by atoms with Crippen LogP contribution in [-0.4, -0.2) is 25.3 Å². The SMILES string of the molecule is CC1CN(c2cc(F)c(I)cc2N)CC(C)O1. The number of halogens is 2. The van der Waals surface area contributed by atoms with E-state index in [1.54, 1.807) is 6.07 Å². The molecule has 17 heavy (non-hydrogen) atoms. The van der Waals surface area contributed by atoms with E-state index in [1.165, 1.54) is 6.07 Å². The molecule has 0 spiro atoms. The summed E-state index contributed by atoms with van der Waals surface area (Å²) in [6, 6.07) is 3.19. The van der Waals surface area contributed by atoms with Crippen LogP contribution < -0.4 is 10.6 Å². The normalized spacial score (nSPS) is 25.1. The van der Waals surface area contributed by atoms with Gasteiger partial charge < -0.3 is 15.4 Å². The maximum Gasteiger partial charge on any atom is 0.138 e. The van der Waals surface area contributed by atoms with Crippen molar-refractivity contribution >= 4 is 34.0 Å². The Hall–Kier alpha value is -0.560. The summed E-state index contributed by atoms with van der Waals surface area (Å²) in [5.74, 6) is -0.221. The maximum atomic E-state index is 13.6. The molecule has 1 heterocycles. The zero-order chi connectivity index (χ0) is 12.6. The van der Waals surface area contributed by atoms with E-state index in [1.807, 2.05) is 36.4 Å². The van der Waals surface area contributed by atoms with Crippen LogP contribution in [0.4, 0.5) is 15.8 Å². The van der Waals surface area contributed by atoms with Crippen LogP contribution in [0.25, 0.3) is 0 Å². The lowest BCUT2D eigenvalue weighted by Gasteiger charge is -2.37. The average molecular weight is 350 g/mol. The van der Waals surface area contributed by atoms with E-state index in [9.17, 15) is 4.39 Å². The van der Waals surface area contributed by atoms with Crippen LogP contribution in [0.15, 0.2) is 12.1 Å². The fourth-order valence-corrected chi connectivity index (χ4v) is 2.69. The van der Waals surface area contributed by atoms with Crippen molar-refractivity contribution in [3.8, 4) is 0 Å². The van der Waals surface area contributed by atoms with Crippen molar-refractivity contribution in [2.24, 2.45) is 0 Å². The molecule has 1 aliphatic rings. The van der Waals surface area contributed by atoms with Gasteiger partial charge in [0.1, 0.15) is 5.82 Å². The van der Waals surface area contributed by atoms with Gasteiger partial charge in [-0.05, 0) is 42.5 Å². The Morgan fingerprint density at radius 3 is 2.53 bits per heavy atom. The summed E-state index contributed by atoms with van der Waals surface area (Å²) >= 11 is 1.95. The molecule has 0 aliphatic carbocycles. The van der Waals surface area contributed by atoms with Gasteiger partial charge >= 0.3 is 0 Å². The minimum Gasteiger partial charge on any atom is -0.397 e. The second-order valence-corrected chi connectivity index (χ2v) is 5.65. The van der Waals surface area contributed by atoms with E-state index < -0.39 is 0 Å². The van der Waals surface area contributed by atoms with E-state index in [2.05, 4.69) is 4.90 Å². The molecular weight excluding hydrogens is 334 g/mol. The number of nitrogen functional groups attached to an aromatic ring is 1. The Balaban J connectivity index is 2.30. The second-order valence-electron chi connectivity index (χ2n) is 4.49. The molecule has 1 aromatic rings. The number of nitrogens with two attached hydrogens (primary N) is 1. The van der Waals surface area contributed by atoms with Gasteiger partial charge in [0.2, 0.25) is 0 Å². The molecule has 0 saturated carbocycles. The van der Waals surface area contributed by atoms with Gasteiger partial charge in [-0.3, -0.25) is 0 Å². The number of nitrogens with zero attached hydrogens (tertiary/aromatic N) is 1. The van der Waals surface area contributed by atoms with Crippen molar-refractivity contribution in [3.63, 3.8) is 0 Å². The summed E-state index contributed by atoms with van der Waals surface area (Å²) in [5, 5.41) is 0. The average Bonchev–Trinajstić information content (AvgIpc) is 2.22. The summed E-state index contributed by atoms with van der Waals surface area (Å²) in [6.45, 7) is 5.52. The van der Waals surface area contributed by atoms with Crippen LogP contribution in [0.3, 0.4) is 0 Å². The quantitative estimate of drug-likeness (QED) is 0.625. The van der Waals surface area contributed by atoms with Gasteiger partial charge in [0.05, 0.1) is 27.2 Å². The zero-order valence-electron chi connectivity index (χ0n) is 9.91. The smallest absolute Gasteiger partial charge is 0.138 e. The molecular formula is C12H16FIN2O. The molecule has 1 fully saturated rings.